The molecule has 0 N–H and O–H groups in total. The van der Waals surface area contributed by atoms with Gasteiger partial charge in [0.1, 0.15) is 23.8 Å². The minimum absolute atomic E-state index is 0.127. The van der Waals surface area contributed by atoms with Crippen molar-refractivity contribution in [3.8, 4) is 11.5 Å². The Morgan fingerprint density at radius 1 is 1.16 bits per heavy atom. The number of hydrogen-bond acceptors (Lipinski definition) is 4. The van der Waals surface area contributed by atoms with Gasteiger partial charge in [-0.15, -0.1) is 0 Å². The van der Waals surface area contributed by atoms with E-state index >= 15 is 0 Å². The van der Waals surface area contributed by atoms with Crippen molar-refractivity contribution < 1.29 is 14.3 Å². The Hall–Kier alpha value is -2.99. The van der Waals surface area contributed by atoms with E-state index in [4.69, 9.17) is 21.1 Å². The summed E-state index contributed by atoms with van der Waals surface area (Å²) in [5, 5.41) is 4.97. The maximum Gasteiger partial charge on any atom is 0.253 e. The lowest BCUT2D eigenvalue weighted by Crippen LogP contribution is -2.26. The van der Waals surface area contributed by atoms with Gasteiger partial charge in [-0.2, -0.15) is 5.10 Å². The molecule has 0 saturated heterocycles. The predicted octanol–water partition coefficient (Wildman–Crippen LogP) is 5.03. The molecule has 0 unspecified atom stereocenters. The molecule has 164 valence electrons. The molecule has 0 saturated carbocycles. The van der Waals surface area contributed by atoms with Crippen LogP contribution in [0.15, 0.2) is 42.6 Å². The molecule has 0 radical (unpaired) electrons. The van der Waals surface area contributed by atoms with Gasteiger partial charge in [0.05, 0.1) is 18.7 Å². The molecule has 0 fully saturated rings. The molecule has 7 heteroatoms. The molecule has 0 atom stereocenters. The summed E-state index contributed by atoms with van der Waals surface area (Å²) in [6, 6.07) is 11.4. The van der Waals surface area contributed by atoms with Crippen molar-refractivity contribution in [2.24, 2.45) is 0 Å². The van der Waals surface area contributed by atoms with Crippen molar-refractivity contribution in [2.75, 3.05) is 14.2 Å². The maximum atomic E-state index is 13.0. The largest absolute Gasteiger partial charge is 0.496 e. The lowest BCUT2D eigenvalue weighted by Gasteiger charge is -2.18. The molecule has 6 nitrogen and oxygen atoms in total. The monoisotopic (exact) mass is 441 g/mol. The third kappa shape index (κ3) is 5.39. The van der Waals surface area contributed by atoms with Crippen LogP contribution >= 0.6 is 11.6 Å². The number of rotatable bonds is 8. The molecule has 3 rings (SSSR count). The first-order chi connectivity index (χ1) is 14.8. The van der Waals surface area contributed by atoms with E-state index < -0.39 is 0 Å². The molecular weight excluding hydrogens is 414 g/mol. The lowest BCUT2D eigenvalue weighted by molar-refractivity contribution is 0.0783. The molecule has 0 aliphatic carbocycles. The smallest absolute Gasteiger partial charge is 0.253 e. The first-order valence-electron chi connectivity index (χ1n) is 10.2. The Bertz CT molecular complexity index is 1080. The summed E-state index contributed by atoms with van der Waals surface area (Å²) in [6.45, 7) is 7.36. The van der Waals surface area contributed by atoms with E-state index in [0.29, 0.717) is 35.2 Å². The zero-order valence-electron chi connectivity index (χ0n) is 18.6. The van der Waals surface area contributed by atoms with Crippen molar-refractivity contribution in [3.05, 3.63) is 75.6 Å². The number of amides is 1. The molecule has 0 aliphatic rings. The lowest BCUT2D eigenvalue weighted by atomic mass is 10.1. The minimum Gasteiger partial charge on any atom is -0.496 e. The molecule has 0 bridgehead atoms. The number of halogens is 1. The average Bonchev–Trinajstić information content (AvgIpc) is 3.12. The van der Waals surface area contributed by atoms with Gasteiger partial charge in [0.2, 0.25) is 0 Å². The standard InChI is InChI=1S/C24H28ClN3O3/c1-6-28-13-20(25)21(26-28)14-27(4)24(29)18-9-10-22(30-5)19(12-18)15-31-23-11-16(2)7-8-17(23)3/h7-13H,6,14-15H2,1-5H3. The summed E-state index contributed by atoms with van der Waals surface area (Å²) < 4.78 is 13.3. The Kier molecular flexibility index (Phi) is 7.23. The number of nitrogens with zero attached hydrogens (tertiary/aromatic N) is 3. The number of carbonyl (C=O) groups is 1. The van der Waals surface area contributed by atoms with Crippen LogP contribution in [-0.4, -0.2) is 34.7 Å². The van der Waals surface area contributed by atoms with Crippen molar-refractivity contribution in [3.63, 3.8) is 0 Å². The zero-order chi connectivity index (χ0) is 22.5. The summed E-state index contributed by atoms with van der Waals surface area (Å²) in [5.74, 6) is 1.36. The summed E-state index contributed by atoms with van der Waals surface area (Å²) in [5.41, 5.74) is 4.21. The molecule has 1 heterocycles. The summed E-state index contributed by atoms with van der Waals surface area (Å²) in [6.07, 6.45) is 1.77. The number of carbonyl (C=O) groups excluding carboxylic acids is 1. The highest BCUT2D eigenvalue weighted by atomic mass is 35.5. The van der Waals surface area contributed by atoms with Gasteiger partial charge in [-0.25, -0.2) is 0 Å². The highest BCUT2D eigenvalue weighted by molar-refractivity contribution is 6.31. The Morgan fingerprint density at radius 3 is 2.61 bits per heavy atom. The third-order valence-electron chi connectivity index (χ3n) is 5.10. The topological polar surface area (TPSA) is 56.6 Å². The second-order valence-electron chi connectivity index (χ2n) is 7.52. The highest BCUT2D eigenvalue weighted by Gasteiger charge is 2.18. The van der Waals surface area contributed by atoms with Gasteiger partial charge < -0.3 is 14.4 Å². The number of aromatic nitrogens is 2. The van der Waals surface area contributed by atoms with Crippen LogP contribution in [0.3, 0.4) is 0 Å². The number of hydrogen-bond donors (Lipinski definition) is 0. The van der Waals surface area contributed by atoms with Gasteiger partial charge in [0.15, 0.2) is 0 Å². The quantitative estimate of drug-likeness (QED) is 0.491. The second kappa shape index (κ2) is 9.88. The molecule has 1 amide bonds. The van der Waals surface area contributed by atoms with Gasteiger partial charge >= 0.3 is 0 Å². The predicted molar refractivity (Wildman–Crippen MR) is 122 cm³/mol. The van der Waals surface area contributed by atoms with E-state index in [9.17, 15) is 4.79 Å². The van der Waals surface area contributed by atoms with Gasteiger partial charge in [-0.3, -0.25) is 9.48 Å². The fraction of sp³-hybridized carbons (Fsp3) is 0.333. The number of methoxy groups -OCH3 is 1. The van der Waals surface area contributed by atoms with Crippen molar-refractivity contribution in [1.82, 2.24) is 14.7 Å². The van der Waals surface area contributed by atoms with E-state index in [-0.39, 0.29) is 5.91 Å². The fourth-order valence-electron chi connectivity index (χ4n) is 3.27. The Morgan fingerprint density at radius 2 is 1.94 bits per heavy atom. The van der Waals surface area contributed by atoms with Gasteiger partial charge in [-0.05, 0) is 56.2 Å². The van der Waals surface area contributed by atoms with Crippen LogP contribution < -0.4 is 9.47 Å². The number of aryl methyl sites for hydroxylation is 3. The van der Waals surface area contributed by atoms with Crippen molar-refractivity contribution in [1.29, 1.82) is 0 Å². The molecule has 3 aromatic rings. The third-order valence-corrected chi connectivity index (χ3v) is 5.41. The van der Waals surface area contributed by atoms with E-state index in [1.54, 1.807) is 42.1 Å². The van der Waals surface area contributed by atoms with Crippen LogP contribution in [-0.2, 0) is 19.7 Å². The highest BCUT2D eigenvalue weighted by Crippen LogP contribution is 2.25. The van der Waals surface area contributed by atoms with Crippen LogP contribution in [0, 0.1) is 13.8 Å². The fourth-order valence-corrected chi connectivity index (χ4v) is 3.48. The molecule has 2 aromatic carbocycles. The van der Waals surface area contributed by atoms with E-state index in [0.717, 1.165) is 29.0 Å². The van der Waals surface area contributed by atoms with Crippen LogP contribution in [0.25, 0.3) is 0 Å². The summed E-state index contributed by atoms with van der Waals surface area (Å²) in [4.78, 5) is 14.6. The maximum absolute atomic E-state index is 13.0. The SMILES string of the molecule is CCn1cc(Cl)c(CN(C)C(=O)c2ccc(OC)c(COc3cc(C)ccc3C)c2)n1. The first-order valence-corrected chi connectivity index (χ1v) is 10.5. The van der Waals surface area contributed by atoms with E-state index in [1.807, 2.05) is 45.0 Å². The molecule has 31 heavy (non-hydrogen) atoms. The molecular formula is C24H28ClN3O3. The average molecular weight is 442 g/mol. The summed E-state index contributed by atoms with van der Waals surface area (Å²) >= 11 is 6.25. The molecule has 0 spiro atoms. The summed E-state index contributed by atoms with van der Waals surface area (Å²) in [7, 11) is 3.34. The van der Waals surface area contributed by atoms with Crippen LogP contribution in [0.2, 0.25) is 5.02 Å². The van der Waals surface area contributed by atoms with Crippen LogP contribution in [0.4, 0.5) is 0 Å². The van der Waals surface area contributed by atoms with Gasteiger partial charge in [0, 0.05) is 30.9 Å². The first kappa shape index (κ1) is 22.7. The zero-order valence-corrected chi connectivity index (χ0v) is 19.4. The molecule has 0 aliphatic heterocycles. The van der Waals surface area contributed by atoms with Crippen LogP contribution in [0.1, 0.15) is 39.7 Å². The van der Waals surface area contributed by atoms with Gasteiger partial charge in [0.25, 0.3) is 5.91 Å². The Balaban J connectivity index is 1.77. The number of benzene rings is 2. The van der Waals surface area contributed by atoms with E-state index in [1.165, 1.54) is 0 Å². The van der Waals surface area contributed by atoms with Gasteiger partial charge in [-0.1, -0.05) is 23.7 Å². The number of ether oxygens (including phenoxy) is 2. The van der Waals surface area contributed by atoms with Crippen molar-refractivity contribution in [2.45, 2.75) is 40.5 Å². The molecule has 1 aromatic heterocycles. The van der Waals surface area contributed by atoms with E-state index in [2.05, 4.69) is 5.10 Å². The Labute approximate surface area is 188 Å². The second-order valence-corrected chi connectivity index (χ2v) is 7.93. The minimum atomic E-state index is -0.127. The van der Waals surface area contributed by atoms with Crippen LogP contribution in [0.5, 0.6) is 11.5 Å². The normalized spacial score (nSPS) is 10.8. The van der Waals surface area contributed by atoms with Crippen molar-refractivity contribution >= 4 is 17.5 Å².